The summed E-state index contributed by atoms with van der Waals surface area (Å²) >= 11 is 0. The zero-order chi connectivity index (χ0) is 13.9. The third kappa shape index (κ3) is 3.19. The van der Waals surface area contributed by atoms with Crippen LogP contribution in [0.25, 0.3) is 0 Å². The number of nitrogens with two attached hydrogens (primary N) is 1. The second-order valence-electron chi connectivity index (χ2n) is 5.66. The number of nitrogen functional groups attached to an aromatic ring is 1. The van der Waals surface area contributed by atoms with Crippen molar-refractivity contribution in [2.75, 3.05) is 19.4 Å². The van der Waals surface area contributed by atoms with Gasteiger partial charge in [0.2, 0.25) is 0 Å². The summed E-state index contributed by atoms with van der Waals surface area (Å²) in [5.74, 6) is 0.445. The number of hydrogen-bond donors (Lipinski definition) is 2. The van der Waals surface area contributed by atoms with Gasteiger partial charge in [-0.05, 0) is 36.5 Å². The number of carbonyl (C=O) groups excluding carboxylic acids is 1. The summed E-state index contributed by atoms with van der Waals surface area (Å²) in [6, 6.07) is 5.11. The van der Waals surface area contributed by atoms with Crippen LogP contribution >= 0.6 is 0 Å². The summed E-state index contributed by atoms with van der Waals surface area (Å²) in [6.07, 6.45) is 4.88. The molecule has 1 aliphatic rings. The third-order valence-corrected chi connectivity index (χ3v) is 3.95. The number of anilines is 1. The van der Waals surface area contributed by atoms with Gasteiger partial charge in [-0.2, -0.15) is 0 Å². The van der Waals surface area contributed by atoms with Gasteiger partial charge in [-0.15, -0.1) is 0 Å². The molecule has 0 aliphatic heterocycles. The van der Waals surface area contributed by atoms with E-state index in [-0.39, 0.29) is 11.3 Å². The Morgan fingerprint density at radius 3 is 2.74 bits per heavy atom. The first-order valence-corrected chi connectivity index (χ1v) is 6.76. The van der Waals surface area contributed by atoms with Gasteiger partial charge in [-0.3, -0.25) is 4.79 Å². The van der Waals surface area contributed by atoms with E-state index in [1.807, 2.05) is 0 Å². The predicted molar refractivity (Wildman–Crippen MR) is 76.3 cm³/mol. The van der Waals surface area contributed by atoms with E-state index < -0.39 is 0 Å². The monoisotopic (exact) mass is 262 g/mol. The Hall–Kier alpha value is -1.71. The van der Waals surface area contributed by atoms with Crippen molar-refractivity contribution >= 4 is 11.6 Å². The molecule has 2 rings (SSSR count). The van der Waals surface area contributed by atoms with Crippen LogP contribution in [0.3, 0.4) is 0 Å². The van der Waals surface area contributed by atoms with E-state index >= 15 is 0 Å². The predicted octanol–water partition coefficient (Wildman–Crippen LogP) is 2.59. The molecule has 1 aromatic rings. The standard InChI is InChI=1S/C15H22N2O2/c1-15(7-3-4-8-15)10-17-14(18)12-9-11(16)5-6-13(12)19-2/h5-6,9H,3-4,7-8,10,16H2,1-2H3,(H,17,18). The van der Waals surface area contributed by atoms with Crippen molar-refractivity contribution < 1.29 is 9.53 Å². The maximum Gasteiger partial charge on any atom is 0.255 e. The Balaban J connectivity index is 2.05. The summed E-state index contributed by atoms with van der Waals surface area (Å²) in [5.41, 5.74) is 7.04. The zero-order valence-electron chi connectivity index (χ0n) is 11.7. The molecule has 0 bridgehead atoms. The maximum absolute atomic E-state index is 12.2. The van der Waals surface area contributed by atoms with Crippen molar-refractivity contribution in [3.63, 3.8) is 0 Å². The minimum atomic E-state index is -0.114. The van der Waals surface area contributed by atoms with Crippen LogP contribution < -0.4 is 15.8 Å². The Morgan fingerprint density at radius 2 is 2.11 bits per heavy atom. The number of amides is 1. The minimum Gasteiger partial charge on any atom is -0.496 e. The van der Waals surface area contributed by atoms with Gasteiger partial charge in [0.05, 0.1) is 12.7 Å². The first kappa shape index (κ1) is 13.7. The largest absolute Gasteiger partial charge is 0.496 e. The van der Waals surface area contributed by atoms with E-state index in [4.69, 9.17) is 10.5 Å². The van der Waals surface area contributed by atoms with Gasteiger partial charge in [0, 0.05) is 12.2 Å². The molecule has 0 spiro atoms. The summed E-state index contributed by atoms with van der Waals surface area (Å²) < 4.78 is 5.20. The second-order valence-corrected chi connectivity index (χ2v) is 5.66. The Morgan fingerprint density at radius 1 is 1.42 bits per heavy atom. The molecule has 0 unspecified atom stereocenters. The van der Waals surface area contributed by atoms with Crippen molar-refractivity contribution in [3.8, 4) is 5.75 Å². The SMILES string of the molecule is COc1ccc(N)cc1C(=O)NCC1(C)CCCC1. The van der Waals surface area contributed by atoms with E-state index in [9.17, 15) is 4.79 Å². The molecule has 1 aliphatic carbocycles. The smallest absolute Gasteiger partial charge is 0.255 e. The molecule has 19 heavy (non-hydrogen) atoms. The summed E-state index contributed by atoms with van der Waals surface area (Å²) in [6.45, 7) is 2.95. The van der Waals surface area contributed by atoms with Crippen molar-refractivity contribution in [2.45, 2.75) is 32.6 Å². The van der Waals surface area contributed by atoms with Crippen LogP contribution in [0.1, 0.15) is 43.0 Å². The highest BCUT2D eigenvalue weighted by molar-refractivity contribution is 5.97. The van der Waals surface area contributed by atoms with Gasteiger partial charge in [0.25, 0.3) is 5.91 Å². The average Bonchev–Trinajstić information content (AvgIpc) is 2.83. The Bertz CT molecular complexity index is 465. The molecule has 0 atom stereocenters. The fourth-order valence-corrected chi connectivity index (χ4v) is 2.70. The van der Waals surface area contributed by atoms with Gasteiger partial charge in [-0.25, -0.2) is 0 Å². The van der Waals surface area contributed by atoms with Crippen molar-refractivity contribution in [3.05, 3.63) is 23.8 Å². The lowest BCUT2D eigenvalue weighted by Crippen LogP contribution is -2.34. The molecule has 1 amide bonds. The number of nitrogens with one attached hydrogen (secondary N) is 1. The Kier molecular flexibility index (Phi) is 3.98. The molecule has 4 nitrogen and oxygen atoms in total. The number of methoxy groups -OCH3 is 1. The molecule has 0 radical (unpaired) electrons. The van der Waals surface area contributed by atoms with E-state index in [1.54, 1.807) is 25.3 Å². The van der Waals surface area contributed by atoms with Crippen LogP contribution in [0, 0.1) is 5.41 Å². The van der Waals surface area contributed by atoms with Crippen LogP contribution in [0.15, 0.2) is 18.2 Å². The van der Waals surface area contributed by atoms with Crippen molar-refractivity contribution in [1.82, 2.24) is 5.32 Å². The van der Waals surface area contributed by atoms with E-state index in [2.05, 4.69) is 12.2 Å². The van der Waals surface area contributed by atoms with Crippen LogP contribution in [-0.4, -0.2) is 19.6 Å². The minimum absolute atomic E-state index is 0.114. The lowest BCUT2D eigenvalue weighted by atomic mass is 9.89. The normalized spacial score (nSPS) is 17.2. The molecule has 104 valence electrons. The molecule has 0 aromatic heterocycles. The number of rotatable bonds is 4. The summed E-state index contributed by atoms with van der Waals surface area (Å²) in [7, 11) is 1.56. The first-order chi connectivity index (χ1) is 9.04. The van der Waals surface area contributed by atoms with Crippen molar-refractivity contribution in [2.24, 2.45) is 5.41 Å². The van der Waals surface area contributed by atoms with Gasteiger partial charge >= 0.3 is 0 Å². The highest BCUT2D eigenvalue weighted by atomic mass is 16.5. The number of benzene rings is 1. The maximum atomic E-state index is 12.2. The van der Waals surface area contributed by atoms with Gasteiger partial charge in [0.1, 0.15) is 5.75 Å². The molecular formula is C15H22N2O2. The zero-order valence-corrected chi connectivity index (χ0v) is 11.7. The fourth-order valence-electron chi connectivity index (χ4n) is 2.70. The molecule has 0 saturated heterocycles. The van der Waals surface area contributed by atoms with E-state index in [0.29, 0.717) is 23.5 Å². The first-order valence-electron chi connectivity index (χ1n) is 6.76. The van der Waals surface area contributed by atoms with Gasteiger partial charge in [-0.1, -0.05) is 19.8 Å². The molecular weight excluding hydrogens is 240 g/mol. The van der Waals surface area contributed by atoms with Gasteiger partial charge < -0.3 is 15.8 Å². The molecule has 3 N–H and O–H groups in total. The van der Waals surface area contributed by atoms with Crippen LogP contribution in [0.2, 0.25) is 0 Å². The summed E-state index contributed by atoms with van der Waals surface area (Å²) in [4.78, 5) is 12.2. The van der Waals surface area contributed by atoms with E-state index in [0.717, 1.165) is 0 Å². The summed E-state index contributed by atoms with van der Waals surface area (Å²) in [5, 5.41) is 3.01. The Labute approximate surface area is 114 Å². The van der Waals surface area contributed by atoms with Crippen molar-refractivity contribution in [1.29, 1.82) is 0 Å². The highest BCUT2D eigenvalue weighted by Crippen LogP contribution is 2.36. The van der Waals surface area contributed by atoms with Crippen LogP contribution in [0.4, 0.5) is 5.69 Å². The molecule has 1 saturated carbocycles. The van der Waals surface area contributed by atoms with Gasteiger partial charge in [0.15, 0.2) is 0 Å². The highest BCUT2D eigenvalue weighted by Gasteiger charge is 2.29. The molecule has 1 fully saturated rings. The van der Waals surface area contributed by atoms with Crippen LogP contribution in [0.5, 0.6) is 5.75 Å². The lowest BCUT2D eigenvalue weighted by molar-refractivity contribution is 0.0931. The molecule has 4 heteroatoms. The topological polar surface area (TPSA) is 64.3 Å². The fraction of sp³-hybridized carbons (Fsp3) is 0.533. The lowest BCUT2D eigenvalue weighted by Gasteiger charge is -2.23. The number of hydrogen-bond acceptors (Lipinski definition) is 3. The number of carbonyl (C=O) groups is 1. The van der Waals surface area contributed by atoms with E-state index in [1.165, 1.54) is 25.7 Å². The quantitative estimate of drug-likeness (QED) is 0.820. The van der Waals surface area contributed by atoms with Crippen LogP contribution in [-0.2, 0) is 0 Å². The molecule has 1 aromatic carbocycles. The average molecular weight is 262 g/mol. The second kappa shape index (κ2) is 5.51. The molecule has 0 heterocycles. The third-order valence-electron chi connectivity index (χ3n) is 3.95. The number of ether oxygens (including phenoxy) is 1.